The lowest BCUT2D eigenvalue weighted by atomic mass is 9.90. The number of rotatable bonds is 5. The quantitative estimate of drug-likeness (QED) is 0.806. The Bertz CT molecular complexity index is 277. The van der Waals surface area contributed by atoms with Gasteiger partial charge in [-0.05, 0) is 29.5 Å². The van der Waals surface area contributed by atoms with Crippen LogP contribution in [-0.2, 0) is 0 Å². The minimum atomic E-state index is 0.0597. The maximum Gasteiger partial charge on any atom is 0.119 e. The lowest BCUT2D eigenvalue weighted by Gasteiger charge is -2.16. The molecule has 0 bridgehead atoms. The summed E-state index contributed by atoms with van der Waals surface area (Å²) in [6.07, 6.45) is 0. The summed E-state index contributed by atoms with van der Waals surface area (Å²) in [5.41, 5.74) is 1.33. The van der Waals surface area contributed by atoms with Crippen LogP contribution in [0.1, 0.15) is 32.3 Å². The van der Waals surface area contributed by atoms with Gasteiger partial charge in [-0.3, -0.25) is 0 Å². The molecule has 1 unspecified atom stereocenters. The van der Waals surface area contributed by atoms with Crippen LogP contribution in [0, 0.1) is 5.92 Å². The maximum atomic E-state index is 8.62. The van der Waals surface area contributed by atoms with E-state index in [4.69, 9.17) is 9.84 Å². The molecule has 0 spiro atoms. The Kier molecular flexibility index (Phi) is 4.63. The first kappa shape index (κ1) is 12.1. The Morgan fingerprint density at radius 3 is 2.20 bits per heavy atom. The highest BCUT2D eigenvalue weighted by atomic mass is 16.5. The van der Waals surface area contributed by atoms with Gasteiger partial charge in [0.15, 0.2) is 0 Å². The van der Waals surface area contributed by atoms with Crippen LogP contribution in [0.15, 0.2) is 24.3 Å². The molecule has 2 nitrogen and oxygen atoms in total. The molecule has 1 atom stereocenters. The van der Waals surface area contributed by atoms with Gasteiger partial charge in [-0.2, -0.15) is 0 Å². The summed E-state index contributed by atoms with van der Waals surface area (Å²) in [4.78, 5) is 0. The molecule has 0 aliphatic heterocycles. The number of aliphatic hydroxyl groups excluding tert-OH is 1. The Hall–Kier alpha value is -1.02. The summed E-state index contributed by atoms with van der Waals surface area (Å²) in [5, 5.41) is 8.62. The van der Waals surface area contributed by atoms with Crippen LogP contribution in [0.2, 0.25) is 0 Å². The van der Waals surface area contributed by atoms with E-state index in [-0.39, 0.29) is 6.61 Å². The van der Waals surface area contributed by atoms with E-state index in [1.807, 2.05) is 12.1 Å². The molecule has 0 saturated heterocycles. The van der Waals surface area contributed by atoms with Crippen LogP contribution in [0.3, 0.4) is 0 Å². The van der Waals surface area contributed by atoms with Crippen molar-refractivity contribution in [2.45, 2.75) is 26.7 Å². The first-order chi connectivity index (χ1) is 7.15. The number of benzene rings is 1. The van der Waals surface area contributed by atoms with E-state index in [1.54, 1.807) is 0 Å². The van der Waals surface area contributed by atoms with Gasteiger partial charge in [-0.25, -0.2) is 0 Å². The van der Waals surface area contributed by atoms with E-state index in [0.29, 0.717) is 18.4 Å². The van der Waals surface area contributed by atoms with Crippen molar-refractivity contribution in [2.75, 3.05) is 13.2 Å². The summed E-state index contributed by atoms with van der Waals surface area (Å²) in [6.45, 7) is 7.10. The maximum absolute atomic E-state index is 8.62. The SMILES string of the molecule is CC(C)C(C)c1ccc(OCCO)cc1. The Morgan fingerprint density at radius 1 is 1.13 bits per heavy atom. The van der Waals surface area contributed by atoms with Gasteiger partial charge in [-0.15, -0.1) is 0 Å². The minimum Gasteiger partial charge on any atom is -0.491 e. The van der Waals surface area contributed by atoms with Crippen molar-refractivity contribution in [3.8, 4) is 5.75 Å². The zero-order valence-corrected chi connectivity index (χ0v) is 9.73. The number of ether oxygens (including phenoxy) is 1. The largest absolute Gasteiger partial charge is 0.491 e. The fraction of sp³-hybridized carbons (Fsp3) is 0.538. The molecular formula is C13H20O2. The average Bonchev–Trinajstić information content (AvgIpc) is 2.26. The molecule has 84 valence electrons. The van der Waals surface area contributed by atoms with E-state index in [2.05, 4.69) is 32.9 Å². The van der Waals surface area contributed by atoms with Crippen molar-refractivity contribution in [3.63, 3.8) is 0 Å². The normalized spacial score (nSPS) is 12.9. The molecule has 0 radical (unpaired) electrons. The van der Waals surface area contributed by atoms with Gasteiger partial charge >= 0.3 is 0 Å². The second kappa shape index (κ2) is 5.76. The predicted octanol–water partition coefficient (Wildman–Crippen LogP) is 2.82. The Balaban J connectivity index is 2.63. The van der Waals surface area contributed by atoms with Gasteiger partial charge in [0.1, 0.15) is 12.4 Å². The van der Waals surface area contributed by atoms with Crippen molar-refractivity contribution >= 4 is 0 Å². The number of hydrogen-bond acceptors (Lipinski definition) is 2. The van der Waals surface area contributed by atoms with E-state index in [9.17, 15) is 0 Å². The minimum absolute atomic E-state index is 0.0597. The lowest BCUT2D eigenvalue weighted by Crippen LogP contribution is -2.03. The average molecular weight is 208 g/mol. The van der Waals surface area contributed by atoms with E-state index >= 15 is 0 Å². The first-order valence-electron chi connectivity index (χ1n) is 5.48. The summed E-state index contributed by atoms with van der Waals surface area (Å²) in [7, 11) is 0. The molecule has 1 rings (SSSR count). The molecule has 1 aromatic carbocycles. The van der Waals surface area contributed by atoms with E-state index < -0.39 is 0 Å². The molecule has 15 heavy (non-hydrogen) atoms. The third-order valence-electron chi connectivity index (χ3n) is 2.77. The summed E-state index contributed by atoms with van der Waals surface area (Å²) in [6, 6.07) is 8.11. The van der Waals surface area contributed by atoms with Crippen LogP contribution in [0.25, 0.3) is 0 Å². The molecule has 2 heteroatoms. The van der Waals surface area contributed by atoms with Crippen molar-refractivity contribution in [3.05, 3.63) is 29.8 Å². The second-order valence-corrected chi connectivity index (χ2v) is 4.17. The molecule has 0 amide bonds. The zero-order chi connectivity index (χ0) is 11.3. The monoisotopic (exact) mass is 208 g/mol. The van der Waals surface area contributed by atoms with Gasteiger partial charge in [0, 0.05) is 0 Å². The van der Waals surface area contributed by atoms with Gasteiger partial charge in [0.2, 0.25) is 0 Å². The van der Waals surface area contributed by atoms with E-state index in [0.717, 1.165) is 5.75 Å². The summed E-state index contributed by atoms with van der Waals surface area (Å²) < 4.78 is 5.30. The van der Waals surface area contributed by atoms with E-state index in [1.165, 1.54) is 5.56 Å². The van der Waals surface area contributed by atoms with Gasteiger partial charge in [0.25, 0.3) is 0 Å². The van der Waals surface area contributed by atoms with Crippen LogP contribution in [0.5, 0.6) is 5.75 Å². The molecule has 0 fully saturated rings. The molecule has 0 saturated carbocycles. The van der Waals surface area contributed by atoms with Crippen LogP contribution in [0.4, 0.5) is 0 Å². The molecular weight excluding hydrogens is 188 g/mol. The number of aliphatic hydroxyl groups is 1. The highest BCUT2D eigenvalue weighted by molar-refractivity contribution is 5.29. The first-order valence-corrected chi connectivity index (χ1v) is 5.48. The Morgan fingerprint density at radius 2 is 1.73 bits per heavy atom. The zero-order valence-electron chi connectivity index (χ0n) is 9.73. The molecule has 0 aromatic heterocycles. The van der Waals surface area contributed by atoms with Crippen molar-refractivity contribution in [2.24, 2.45) is 5.92 Å². The van der Waals surface area contributed by atoms with Crippen LogP contribution >= 0.6 is 0 Å². The molecule has 0 aliphatic carbocycles. The highest BCUT2D eigenvalue weighted by Gasteiger charge is 2.09. The fourth-order valence-corrected chi connectivity index (χ4v) is 1.42. The number of hydrogen-bond donors (Lipinski definition) is 1. The molecule has 1 N–H and O–H groups in total. The molecule has 0 heterocycles. The summed E-state index contributed by atoms with van der Waals surface area (Å²) in [5.74, 6) is 2.04. The molecule has 1 aromatic rings. The third-order valence-corrected chi connectivity index (χ3v) is 2.77. The lowest BCUT2D eigenvalue weighted by molar-refractivity contribution is 0.201. The summed E-state index contributed by atoms with van der Waals surface area (Å²) >= 11 is 0. The third kappa shape index (κ3) is 3.56. The predicted molar refractivity (Wildman–Crippen MR) is 62.3 cm³/mol. The Labute approximate surface area is 91.9 Å². The van der Waals surface area contributed by atoms with Gasteiger partial charge in [0.05, 0.1) is 6.61 Å². The standard InChI is InChI=1S/C13H20O2/c1-10(2)11(3)12-4-6-13(7-5-12)15-9-8-14/h4-7,10-11,14H,8-9H2,1-3H3. The smallest absolute Gasteiger partial charge is 0.119 e. The molecule has 0 aliphatic rings. The van der Waals surface area contributed by atoms with Gasteiger partial charge < -0.3 is 9.84 Å². The van der Waals surface area contributed by atoms with Crippen molar-refractivity contribution in [1.82, 2.24) is 0 Å². The van der Waals surface area contributed by atoms with Crippen LogP contribution < -0.4 is 4.74 Å². The second-order valence-electron chi connectivity index (χ2n) is 4.17. The van der Waals surface area contributed by atoms with Gasteiger partial charge in [-0.1, -0.05) is 32.9 Å². The highest BCUT2D eigenvalue weighted by Crippen LogP contribution is 2.25. The van der Waals surface area contributed by atoms with Crippen LogP contribution in [-0.4, -0.2) is 18.3 Å². The topological polar surface area (TPSA) is 29.5 Å². The fourth-order valence-electron chi connectivity index (χ4n) is 1.42. The van der Waals surface area contributed by atoms with Crippen molar-refractivity contribution in [1.29, 1.82) is 0 Å². The van der Waals surface area contributed by atoms with Crippen molar-refractivity contribution < 1.29 is 9.84 Å².